The summed E-state index contributed by atoms with van der Waals surface area (Å²) < 4.78 is 71.4. The molecule has 0 saturated heterocycles. The van der Waals surface area contributed by atoms with Crippen LogP contribution in [0.5, 0.6) is 0 Å². The Morgan fingerprint density at radius 3 is 2.34 bits per heavy atom. The highest BCUT2D eigenvalue weighted by Crippen LogP contribution is 2.22. The summed E-state index contributed by atoms with van der Waals surface area (Å²) in [6, 6.07) is 7.96. The fourth-order valence-electron chi connectivity index (χ4n) is 2.41. The molecule has 3 aromatic rings. The van der Waals surface area contributed by atoms with Gasteiger partial charge < -0.3 is 9.30 Å². The van der Waals surface area contributed by atoms with Crippen LogP contribution in [0.1, 0.15) is 0 Å². The fraction of sp³-hybridized carbons (Fsp3) is 0.125. The molecule has 9 nitrogen and oxygen atoms in total. The van der Waals surface area contributed by atoms with Crippen LogP contribution in [0.2, 0.25) is 0 Å². The van der Waals surface area contributed by atoms with E-state index in [0.717, 1.165) is 35.6 Å². The Morgan fingerprint density at radius 1 is 1.14 bits per heavy atom. The van der Waals surface area contributed by atoms with Crippen LogP contribution in [0, 0.1) is 5.82 Å². The zero-order valence-electron chi connectivity index (χ0n) is 14.8. The summed E-state index contributed by atoms with van der Waals surface area (Å²) in [6.07, 6.45) is 0. The number of sulfonamides is 2. The highest BCUT2D eigenvalue weighted by Gasteiger charge is 2.18. The van der Waals surface area contributed by atoms with Gasteiger partial charge in [-0.25, -0.2) is 17.9 Å². The third-order valence-corrected chi connectivity index (χ3v) is 7.16. The van der Waals surface area contributed by atoms with Crippen LogP contribution in [0.25, 0.3) is 10.2 Å². The summed E-state index contributed by atoms with van der Waals surface area (Å²) in [5.41, 5.74) is 0.362. The van der Waals surface area contributed by atoms with Gasteiger partial charge in [0.15, 0.2) is 0 Å². The first-order chi connectivity index (χ1) is 13.5. The molecule has 0 saturated carbocycles. The second-order valence-electron chi connectivity index (χ2n) is 5.74. The number of aromatic nitrogens is 1. The summed E-state index contributed by atoms with van der Waals surface area (Å²) in [5, 5.41) is 5.13. The SMILES string of the molecule is COC(=O)Cn1/c(=N/S(=O)(=O)c2ccc(F)cc2)sc2cc(S(N)(=O)=O)ccc21. The lowest BCUT2D eigenvalue weighted by molar-refractivity contribution is -0.141. The first-order valence-corrected chi connectivity index (χ1v) is 11.6. The Bertz CT molecular complexity index is 1370. The Labute approximate surface area is 169 Å². The number of nitrogens with two attached hydrogens (primary N) is 1. The van der Waals surface area contributed by atoms with Crippen molar-refractivity contribution in [2.45, 2.75) is 16.3 Å². The fourth-order valence-corrected chi connectivity index (χ4v) is 5.30. The number of rotatable bonds is 5. The number of halogens is 1. The minimum absolute atomic E-state index is 0.0960. The average Bonchev–Trinajstić information content (AvgIpc) is 2.97. The van der Waals surface area contributed by atoms with Gasteiger partial charge in [0.25, 0.3) is 10.0 Å². The summed E-state index contributed by atoms with van der Waals surface area (Å²) in [4.78, 5) is 11.3. The molecule has 0 fully saturated rings. The van der Waals surface area contributed by atoms with E-state index in [9.17, 15) is 26.0 Å². The van der Waals surface area contributed by atoms with Gasteiger partial charge >= 0.3 is 5.97 Å². The number of hydrogen-bond donors (Lipinski definition) is 1. The first kappa shape index (κ1) is 21.1. The zero-order valence-corrected chi connectivity index (χ0v) is 17.2. The minimum Gasteiger partial charge on any atom is -0.468 e. The smallest absolute Gasteiger partial charge is 0.325 e. The average molecular weight is 460 g/mol. The van der Waals surface area contributed by atoms with Crippen molar-refractivity contribution in [1.29, 1.82) is 0 Å². The van der Waals surface area contributed by atoms with Crippen LogP contribution >= 0.6 is 11.3 Å². The van der Waals surface area contributed by atoms with E-state index in [0.29, 0.717) is 10.2 Å². The lowest BCUT2D eigenvalue weighted by Crippen LogP contribution is -2.22. The molecule has 0 aliphatic rings. The van der Waals surface area contributed by atoms with Crippen molar-refractivity contribution in [3.05, 3.63) is 53.1 Å². The second-order valence-corrected chi connectivity index (χ2v) is 9.92. The van der Waals surface area contributed by atoms with Gasteiger partial charge in [-0.3, -0.25) is 4.79 Å². The highest BCUT2D eigenvalue weighted by molar-refractivity contribution is 7.90. The monoisotopic (exact) mass is 459 g/mol. The molecule has 2 aromatic carbocycles. The number of methoxy groups -OCH3 is 1. The molecule has 0 spiro atoms. The molecular weight excluding hydrogens is 445 g/mol. The molecular formula is C16H14FN3O6S3. The molecule has 0 unspecified atom stereocenters. The molecule has 3 rings (SSSR count). The summed E-state index contributed by atoms with van der Waals surface area (Å²) >= 11 is 0.847. The molecule has 0 aliphatic carbocycles. The predicted octanol–water partition coefficient (Wildman–Crippen LogP) is 0.952. The maximum atomic E-state index is 13.1. The topological polar surface area (TPSA) is 138 Å². The van der Waals surface area contributed by atoms with Crippen molar-refractivity contribution in [3.8, 4) is 0 Å². The number of ether oxygens (including phenoxy) is 1. The standard InChI is InChI=1S/C16H14FN3O6S3/c1-26-15(21)9-20-13-7-6-12(28(18,22)23)8-14(13)27-16(20)19-29(24,25)11-4-2-10(17)3-5-11/h2-8H,9H2,1H3,(H2,18,22,23)/b19-16-. The van der Waals surface area contributed by atoms with E-state index < -0.39 is 31.8 Å². The molecule has 1 aromatic heterocycles. The maximum absolute atomic E-state index is 13.1. The number of carbonyl (C=O) groups is 1. The van der Waals surface area contributed by atoms with Crippen LogP contribution < -0.4 is 9.94 Å². The largest absolute Gasteiger partial charge is 0.468 e. The Kier molecular flexibility index (Phi) is 5.58. The molecule has 154 valence electrons. The molecule has 0 aliphatic heterocycles. The molecule has 13 heteroatoms. The lowest BCUT2D eigenvalue weighted by Gasteiger charge is -2.04. The number of benzene rings is 2. The van der Waals surface area contributed by atoms with Gasteiger partial charge in [0.1, 0.15) is 12.4 Å². The van der Waals surface area contributed by atoms with Gasteiger partial charge in [-0.2, -0.15) is 8.42 Å². The number of nitrogens with zero attached hydrogens (tertiary/aromatic N) is 2. The number of hydrogen-bond acceptors (Lipinski definition) is 7. The third kappa shape index (κ3) is 4.53. The molecule has 1 heterocycles. The van der Waals surface area contributed by atoms with E-state index in [2.05, 4.69) is 9.13 Å². The van der Waals surface area contributed by atoms with Crippen molar-refractivity contribution in [2.75, 3.05) is 7.11 Å². The first-order valence-electron chi connectivity index (χ1n) is 7.81. The highest BCUT2D eigenvalue weighted by atomic mass is 32.2. The number of esters is 1. The molecule has 0 bridgehead atoms. The van der Waals surface area contributed by atoms with Crippen molar-refractivity contribution in [2.24, 2.45) is 9.54 Å². The van der Waals surface area contributed by atoms with Crippen LogP contribution in [-0.2, 0) is 36.1 Å². The van der Waals surface area contributed by atoms with E-state index in [1.54, 1.807) is 0 Å². The normalized spacial score (nSPS) is 13.0. The van der Waals surface area contributed by atoms with Crippen LogP contribution in [0.15, 0.2) is 56.7 Å². The van der Waals surface area contributed by atoms with E-state index in [1.807, 2.05) is 0 Å². The number of primary sulfonamides is 1. The molecule has 0 atom stereocenters. The molecule has 0 amide bonds. The van der Waals surface area contributed by atoms with Gasteiger partial charge in [-0.05, 0) is 42.5 Å². The minimum atomic E-state index is -4.23. The second kappa shape index (κ2) is 7.67. The van der Waals surface area contributed by atoms with Crippen molar-refractivity contribution in [3.63, 3.8) is 0 Å². The molecule has 2 N–H and O–H groups in total. The van der Waals surface area contributed by atoms with Gasteiger partial charge in [-0.1, -0.05) is 11.3 Å². The number of carbonyl (C=O) groups excluding carboxylic acids is 1. The van der Waals surface area contributed by atoms with Gasteiger partial charge in [-0.15, -0.1) is 4.40 Å². The van der Waals surface area contributed by atoms with Gasteiger partial charge in [0.2, 0.25) is 14.8 Å². The van der Waals surface area contributed by atoms with Crippen LogP contribution in [0.4, 0.5) is 4.39 Å². The van der Waals surface area contributed by atoms with Crippen LogP contribution in [0.3, 0.4) is 0 Å². The number of fused-ring (bicyclic) bond motifs is 1. The van der Waals surface area contributed by atoms with E-state index in [1.165, 1.54) is 29.9 Å². The van der Waals surface area contributed by atoms with E-state index in [4.69, 9.17) is 5.14 Å². The van der Waals surface area contributed by atoms with Crippen molar-refractivity contribution < 1.29 is 30.8 Å². The number of thiazole rings is 1. The van der Waals surface area contributed by atoms with Gasteiger partial charge in [0, 0.05) is 0 Å². The Morgan fingerprint density at radius 2 is 1.76 bits per heavy atom. The third-order valence-electron chi connectivity index (χ3n) is 3.81. The van der Waals surface area contributed by atoms with Crippen molar-refractivity contribution >= 4 is 47.6 Å². The lowest BCUT2D eigenvalue weighted by atomic mass is 10.3. The molecule has 29 heavy (non-hydrogen) atoms. The van der Waals surface area contributed by atoms with E-state index in [-0.39, 0.29) is 21.1 Å². The maximum Gasteiger partial charge on any atom is 0.325 e. The van der Waals surface area contributed by atoms with Crippen molar-refractivity contribution in [1.82, 2.24) is 4.57 Å². The summed E-state index contributed by atoms with van der Waals surface area (Å²) in [6.45, 7) is -0.358. The van der Waals surface area contributed by atoms with E-state index >= 15 is 0 Å². The summed E-state index contributed by atoms with van der Waals surface area (Å²) in [7, 11) is -7.05. The Balaban J connectivity index is 2.26. The predicted molar refractivity (Wildman–Crippen MR) is 102 cm³/mol. The van der Waals surface area contributed by atoms with Crippen LogP contribution in [-0.4, -0.2) is 34.5 Å². The summed E-state index contributed by atoms with van der Waals surface area (Å²) in [5.74, 6) is -1.28. The quantitative estimate of drug-likeness (QED) is 0.564. The van der Waals surface area contributed by atoms with Gasteiger partial charge in [0.05, 0.1) is 27.1 Å². The molecule has 0 radical (unpaired) electrons. The Hall–Kier alpha value is -2.61. The zero-order chi connectivity index (χ0) is 21.4.